The molecule has 1 amide bonds. The van der Waals surface area contributed by atoms with Crippen molar-refractivity contribution < 1.29 is 9.42 Å². The van der Waals surface area contributed by atoms with E-state index in [9.17, 15) is 4.79 Å². The third-order valence-electron chi connectivity index (χ3n) is 5.79. The molecule has 0 saturated heterocycles. The molecule has 0 spiro atoms. The fourth-order valence-electron chi connectivity index (χ4n) is 4.05. The van der Waals surface area contributed by atoms with Crippen molar-refractivity contribution in [3.05, 3.63) is 75.5 Å². The van der Waals surface area contributed by atoms with Gasteiger partial charge in [-0.25, -0.2) is 10.1 Å². The molecule has 0 radical (unpaired) electrons. The number of hydrazone groups is 1. The van der Waals surface area contributed by atoms with Crippen LogP contribution in [0.15, 0.2) is 62.7 Å². The zero-order valence-corrected chi connectivity index (χ0v) is 20.4. The standard InChI is InChI=1S/C23H22BrN9O2/c1-14(16-7-4-9-17(24)12-16)26-28-23(34)20-19(33(31-27-20)22-21(25)29-35-30-22)13-32-11-5-8-15-6-2-3-10-18(15)32/h2-4,6-7,9-10,12H,5,8,11,13H2,1H3,(H2,25,29)(H,28,34). The van der Waals surface area contributed by atoms with Crippen LogP contribution in [-0.4, -0.2) is 43.5 Å². The SMILES string of the molecule is CC(=NNC(=O)c1nnn(-c2nonc2N)c1CN1CCCc2ccccc21)c1cccc(Br)c1. The summed E-state index contributed by atoms with van der Waals surface area (Å²) in [7, 11) is 0. The first-order valence-corrected chi connectivity index (χ1v) is 11.8. The number of anilines is 2. The van der Waals surface area contributed by atoms with Gasteiger partial charge in [-0.15, -0.1) is 5.10 Å². The summed E-state index contributed by atoms with van der Waals surface area (Å²) in [5.41, 5.74) is 13.0. The van der Waals surface area contributed by atoms with Crippen molar-refractivity contribution in [3.8, 4) is 5.82 Å². The zero-order chi connectivity index (χ0) is 24.4. The number of benzene rings is 2. The smallest absolute Gasteiger partial charge is 0.293 e. The third-order valence-corrected chi connectivity index (χ3v) is 6.28. The zero-order valence-electron chi connectivity index (χ0n) is 18.8. The quantitative estimate of drug-likeness (QED) is 0.283. The van der Waals surface area contributed by atoms with Gasteiger partial charge in [0.2, 0.25) is 11.6 Å². The molecule has 0 bridgehead atoms. The number of halogens is 1. The van der Waals surface area contributed by atoms with Crippen LogP contribution in [0.5, 0.6) is 0 Å². The van der Waals surface area contributed by atoms with Crippen LogP contribution in [-0.2, 0) is 13.0 Å². The lowest BCUT2D eigenvalue weighted by molar-refractivity contribution is 0.0948. The van der Waals surface area contributed by atoms with Crippen molar-refractivity contribution in [1.29, 1.82) is 0 Å². The van der Waals surface area contributed by atoms with Crippen LogP contribution < -0.4 is 16.1 Å². The Morgan fingerprint density at radius 2 is 2.09 bits per heavy atom. The first-order valence-electron chi connectivity index (χ1n) is 11.0. The van der Waals surface area contributed by atoms with Gasteiger partial charge in [-0.1, -0.05) is 51.5 Å². The van der Waals surface area contributed by atoms with Gasteiger partial charge in [0.25, 0.3) is 5.91 Å². The Balaban J connectivity index is 1.47. The predicted octanol–water partition coefficient (Wildman–Crippen LogP) is 3.10. The minimum Gasteiger partial charge on any atom is -0.378 e. The topological polar surface area (TPSA) is 140 Å². The summed E-state index contributed by atoms with van der Waals surface area (Å²) in [6.45, 7) is 2.98. The Bertz CT molecular complexity index is 1410. The van der Waals surface area contributed by atoms with E-state index in [1.807, 2.05) is 43.3 Å². The summed E-state index contributed by atoms with van der Waals surface area (Å²) in [6, 6.07) is 15.9. The number of rotatable bonds is 6. The Morgan fingerprint density at radius 3 is 2.89 bits per heavy atom. The maximum Gasteiger partial charge on any atom is 0.293 e. The van der Waals surface area contributed by atoms with Crippen molar-refractivity contribution in [2.45, 2.75) is 26.3 Å². The van der Waals surface area contributed by atoms with E-state index in [-0.39, 0.29) is 17.3 Å². The van der Waals surface area contributed by atoms with Gasteiger partial charge in [0, 0.05) is 16.7 Å². The van der Waals surface area contributed by atoms with Gasteiger partial charge in [-0.3, -0.25) is 4.79 Å². The largest absolute Gasteiger partial charge is 0.378 e. The average Bonchev–Trinajstić information content (AvgIpc) is 3.48. The highest BCUT2D eigenvalue weighted by molar-refractivity contribution is 9.10. The van der Waals surface area contributed by atoms with Crippen LogP contribution in [0.4, 0.5) is 11.5 Å². The Hall–Kier alpha value is -4.06. The molecule has 0 aliphatic carbocycles. The summed E-state index contributed by atoms with van der Waals surface area (Å²) in [5, 5.41) is 20.0. The Morgan fingerprint density at radius 1 is 1.23 bits per heavy atom. The lowest BCUT2D eigenvalue weighted by atomic mass is 10.0. The number of para-hydroxylation sites is 1. The van der Waals surface area contributed by atoms with Crippen molar-refractivity contribution in [3.63, 3.8) is 0 Å². The van der Waals surface area contributed by atoms with Crippen LogP contribution in [0.25, 0.3) is 5.82 Å². The lowest BCUT2D eigenvalue weighted by Gasteiger charge is -2.31. The van der Waals surface area contributed by atoms with Gasteiger partial charge < -0.3 is 10.6 Å². The second-order valence-electron chi connectivity index (χ2n) is 8.07. The second-order valence-corrected chi connectivity index (χ2v) is 8.99. The number of nitrogens with one attached hydrogen (secondary N) is 1. The summed E-state index contributed by atoms with van der Waals surface area (Å²) in [4.78, 5) is 15.4. The molecule has 2 aromatic heterocycles. The number of aromatic nitrogens is 5. The van der Waals surface area contributed by atoms with Crippen molar-refractivity contribution in [2.75, 3.05) is 17.2 Å². The molecular formula is C23H22BrN9O2. The number of fused-ring (bicyclic) bond motifs is 1. The van der Waals surface area contributed by atoms with Crippen LogP contribution in [0.3, 0.4) is 0 Å². The highest BCUT2D eigenvalue weighted by Gasteiger charge is 2.27. The van der Waals surface area contributed by atoms with E-state index in [1.165, 1.54) is 10.2 Å². The number of nitrogens with zero attached hydrogens (tertiary/aromatic N) is 7. The molecule has 1 aliphatic rings. The van der Waals surface area contributed by atoms with Gasteiger partial charge in [-0.2, -0.15) is 9.78 Å². The van der Waals surface area contributed by atoms with E-state index >= 15 is 0 Å². The van der Waals surface area contributed by atoms with E-state index < -0.39 is 5.91 Å². The number of nitrogen functional groups attached to an aromatic ring is 1. The highest BCUT2D eigenvalue weighted by atomic mass is 79.9. The number of hydrogen-bond donors (Lipinski definition) is 2. The van der Waals surface area contributed by atoms with Crippen molar-refractivity contribution in [2.24, 2.45) is 5.10 Å². The van der Waals surface area contributed by atoms with E-state index in [2.05, 4.69) is 64.1 Å². The number of aryl methyl sites for hydroxylation is 1. The lowest BCUT2D eigenvalue weighted by Crippen LogP contribution is -2.31. The van der Waals surface area contributed by atoms with E-state index in [4.69, 9.17) is 10.4 Å². The molecule has 1 aliphatic heterocycles. The molecule has 0 atom stereocenters. The Labute approximate surface area is 209 Å². The van der Waals surface area contributed by atoms with Gasteiger partial charge in [0.1, 0.15) is 0 Å². The fourth-order valence-corrected chi connectivity index (χ4v) is 4.45. The summed E-state index contributed by atoms with van der Waals surface area (Å²) < 4.78 is 7.06. The van der Waals surface area contributed by atoms with E-state index in [0.29, 0.717) is 18.0 Å². The molecule has 0 fully saturated rings. The highest BCUT2D eigenvalue weighted by Crippen LogP contribution is 2.29. The predicted molar refractivity (Wildman–Crippen MR) is 133 cm³/mol. The third kappa shape index (κ3) is 4.64. The molecule has 2 aromatic carbocycles. The molecule has 0 unspecified atom stereocenters. The molecule has 11 nitrogen and oxygen atoms in total. The van der Waals surface area contributed by atoms with E-state index in [1.54, 1.807) is 0 Å². The second kappa shape index (κ2) is 9.66. The number of carbonyl (C=O) groups is 1. The van der Waals surface area contributed by atoms with Crippen LogP contribution >= 0.6 is 15.9 Å². The summed E-state index contributed by atoms with van der Waals surface area (Å²) >= 11 is 3.45. The molecule has 3 N–H and O–H groups in total. The number of amides is 1. The first-order chi connectivity index (χ1) is 17.0. The maximum atomic E-state index is 13.2. The van der Waals surface area contributed by atoms with Crippen LogP contribution in [0, 0.1) is 0 Å². The molecule has 4 aromatic rings. The summed E-state index contributed by atoms with van der Waals surface area (Å²) in [5.74, 6) is -0.280. The maximum absolute atomic E-state index is 13.2. The molecule has 178 valence electrons. The van der Waals surface area contributed by atoms with Gasteiger partial charge in [-0.05, 0) is 59.4 Å². The average molecular weight is 536 g/mol. The molecule has 35 heavy (non-hydrogen) atoms. The van der Waals surface area contributed by atoms with E-state index in [0.717, 1.165) is 35.1 Å². The minimum atomic E-state index is -0.499. The Kier molecular flexibility index (Phi) is 6.27. The number of nitrogens with two attached hydrogens (primary N) is 1. The van der Waals surface area contributed by atoms with Crippen molar-refractivity contribution in [1.82, 2.24) is 30.7 Å². The van der Waals surface area contributed by atoms with Gasteiger partial charge in [0.05, 0.1) is 18.0 Å². The monoisotopic (exact) mass is 535 g/mol. The molecule has 5 rings (SSSR count). The normalized spacial score (nSPS) is 13.5. The van der Waals surface area contributed by atoms with Crippen molar-refractivity contribution >= 4 is 39.1 Å². The number of carbonyl (C=O) groups excluding carboxylic acids is 1. The molecule has 12 heteroatoms. The molecule has 0 saturated carbocycles. The van der Waals surface area contributed by atoms with Gasteiger partial charge >= 0.3 is 0 Å². The van der Waals surface area contributed by atoms with Crippen LogP contribution in [0.1, 0.15) is 40.7 Å². The molecular weight excluding hydrogens is 514 g/mol. The first kappa shape index (κ1) is 22.7. The van der Waals surface area contributed by atoms with Gasteiger partial charge in [0.15, 0.2) is 5.69 Å². The summed E-state index contributed by atoms with van der Waals surface area (Å²) in [6.07, 6.45) is 1.99. The molecule has 3 heterocycles. The fraction of sp³-hybridized carbons (Fsp3) is 0.217. The minimum absolute atomic E-state index is 0.0469. The van der Waals surface area contributed by atoms with Crippen LogP contribution in [0.2, 0.25) is 0 Å². The number of hydrogen-bond acceptors (Lipinski definition) is 9.